The van der Waals surface area contributed by atoms with Crippen molar-refractivity contribution in [2.45, 2.75) is 18.8 Å². The van der Waals surface area contributed by atoms with Gasteiger partial charge >= 0.3 is 6.36 Å². The van der Waals surface area contributed by atoms with E-state index in [1.165, 1.54) is 12.1 Å². The van der Waals surface area contributed by atoms with Crippen molar-refractivity contribution in [3.63, 3.8) is 0 Å². The van der Waals surface area contributed by atoms with Gasteiger partial charge in [0.15, 0.2) is 0 Å². The minimum Gasteiger partial charge on any atom is -0.406 e. The van der Waals surface area contributed by atoms with E-state index >= 15 is 0 Å². The van der Waals surface area contributed by atoms with Crippen LogP contribution < -0.4 is 4.74 Å². The third kappa shape index (κ3) is 6.31. The predicted molar refractivity (Wildman–Crippen MR) is 154 cm³/mol. The van der Waals surface area contributed by atoms with Crippen molar-refractivity contribution >= 4 is 16.9 Å². The molecule has 42 heavy (non-hydrogen) atoms. The molecule has 1 aliphatic heterocycles. The van der Waals surface area contributed by atoms with Gasteiger partial charge in [-0.05, 0) is 47.0 Å². The maximum atomic E-state index is 13.4. The van der Waals surface area contributed by atoms with Crippen LogP contribution >= 0.6 is 0 Å². The SMILES string of the molecule is O=C(c1ccc2nc(C(c3ccccc3)c3ccccc3)[nH]c2c1)N1CCN(Cc2ccc(OC(F)(F)F)cc2)CC1. The summed E-state index contributed by atoms with van der Waals surface area (Å²) in [5.41, 5.74) is 5.35. The summed E-state index contributed by atoms with van der Waals surface area (Å²) in [4.78, 5) is 25.8. The van der Waals surface area contributed by atoms with Gasteiger partial charge in [-0.2, -0.15) is 0 Å². The number of nitrogens with zero attached hydrogens (tertiary/aromatic N) is 3. The molecule has 9 heteroatoms. The van der Waals surface area contributed by atoms with Gasteiger partial charge in [0.2, 0.25) is 0 Å². The zero-order valence-electron chi connectivity index (χ0n) is 22.7. The summed E-state index contributed by atoms with van der Waals surface area (Å²) in [6.07, 6.45) is -4.71. The fraction of sp³-hybridized carbons (Fsp3) is 0.212. The normalized spacial score (nSPS) is 14.4. The van der Waals surface area contributed by atoms with Crippen molar-refractivity contribution < 1.29 is 22.7 Å². The van der Waals surface area contributed by atoms with Crippen molar-refractivity contribution in [3.05, 3.63) is 131 Å². The highest BCUT2D eigenvalue weighted by Crippen LogP contribution is 2.31. The molecular weight excluding hydrogens is 541 g/mol. The maximum absolute atomic E-state index is 13.4. The number of nitrogens with one attached hydrogen (secondary N) is 1. The van der Waals surface area contributed by atoms with E-state index in [-0.39, 0.29) is 17.6 Å². The van der Waals surface area contributed by atoms with E-state index in [4.69, 9.17) is 4.98 Å². The average molecular weight is 571 g/mol. The second-order valence-corrected chi connectivity index (χ2v) is 10.4. The molecule has 0 atom stereocenters. The topological polar surface area (TPSA) is 61.5 Å². The molecule has 1 aromatic heterocycles. The lowest BCUT2D eigenvalue weighted by Crippen LogP contribution is -2.48. The number of hydrogen-bond acceptors (Lipinski definition) is 4. The third-order valence-corrected chi connectivity index (χ3v) is 7.51. The van der Waals surface area contributed by atoms with Crippen LogP contribution in [-0.2, 0) is 6.54 Å². The standard InChI is InChI=1S/C33H29F3N4O2/c34-33(35,36)42-27-14-11-23(12-15-27)22-39-17-19-40(20-18-39)32(41)26-13-16-28-29(21-26)38-31(37-28)30(24-7-3-1-4-8-24)25-9-5-2-6-10-25/h1-16,21,30H,17-20,22H2,(H,37,38). The van der Waals surface area contributed by atoms with Gasteiger partial charge in [0.25, 0.3) is 5.91 Å². The molecule has 1 aliphatic rings. The molecule has 5 aromatic rings. The van der Waals surface area contributed by atoms with E-state index in [2.05, 4.69) is 38.9 Å². The number of aromatic amines is 1. The molecule has 1 fully saturated rings. The van der Waals surface area contributed by atoms with Crippen LogP contribution in [0.2, 0.25) is 0 Å². The molecule has 6 rings (SSSR count). The van der Waals surface area contributed by atoms with Crippen LogP contribution in [0, 0.1) is 0 Å². The fourth-order valence-corrected chi connectivity index (χ4v) is 5.44. The van der Waals surface area contributed by atoms with Gasteiger partial charge in [0, 0.05) is 38.3 Å². The number of carbonyl (C=O) groups excluding carboxylic acids is 1. The van der Waals surface area contributed by atoms with Crippen LogP contribution in [0.3, 0.4) is 0 Å². The fourth-order valence-electron chi connectivity index (χ4n) is 5.44. The van der Waals surface area contributed by atoms with Gasteiger partial charge < -0.3 is 14.6 Å². The summed E-state index contributed by atoms with van der Waals surface area (Å²) in [5.74, 6) is 0.474. The van der Waals surface area contributed by atoms with Crippen molar-refractivity contribution in [2.24, 2.45) is 0 Å². The second-order valence-electron chi connectivity index (χ2n) is 10.4. The summed E-state index contributed by atoms with van der Waals surface area (Å²) in [5, 5.41) is 0. The lowest BCUT2D eigenvalue weighted by molar-refractivity contribution is -0.274. The number of fused-ring (bicyclic) bond motifs is 1. The molecule has 4 aromatic carbocycles. The monoisotopic (exact) mass is 570 g/mol. The molecule has 0 spiro atoms. The summed E-state index contributed by atoms with van der Waals surface area (Å²) in [7, 11) is 0. The number of carbonyl (C=O) groups is 1. The Morgan fingerprint density at radius 3 is 2.05 bits per heavy atom. The first-order valence-electron chi connectivity index (χ1n) is 13.8. The number of aromatic nitrogens is 2. The molecule has 214 valence electrons. The molecule has 0 aliphatic carbocycles. The number of hydrogen-bond donors (Lipinski definition) is 1. The van der Waals surface area contributed by atoms with Crippen LogP contribution in [-0.4, -0.2) is 58.2 Å². The highest BCUT2D eigenvalue weighted by atomic mass is 19.4. The van der Waals surface area contributed by atoms with E-state index in [0.717, 1.165) is 33.5 Å². The Labute approximate surface area is 241 Å². The van der Waals surface area contributed by atoms with Gasteiger partial charge in [-0.3, -0.25) is 9.69 Å². The Morgan fingerprint density at radius 1 is 0.833 bits per heavy atom. The first-order chi connectivity index (χ1) is 20.3. The van der Waals surface area contributed by atoms with E-state index < -0.39 is 6.36 Å². The largest absolute Gasteiger partial charge is 0.573 e. The lowest BCUT2D eigenvalue weighted by atomic mass is 9.91. The molecule has 1 saturated heterocycles. The van der Waals surface area contributed by atoms with E-state index in [1.54, 1.807) is 12.1 Å². The first-order valence-corrected chi connectivity index (χ1v) is 13.8. The van der Waals surface area contributed by atoms with Gasteiger partial charge in [-0.25, -0.2) is 4.98 Å². The van der Waals surface area contributed by atoms with Gasteiger partial charge in [-0.1, -0.05) is 72.8 Å². The Balaban J connectivity index is 1.13. The molecule has 6 nitrogen and oxygen atoms in total. The molecule has 0 saturated carbocycles. The van der Waals surface area contributed by atoms with Gasteiger partial charge in [0.05, 0.1) is 17.0 Å². The van der Waals surface area contributed by atoms with Crippen molar-refractivity contribution in [1.29, 1.82) is 0 Å². The Morgan fingerprint density at radius 2 is 1.45 bits per heavy atom. The number of benzene rings is 4. The molecule has 0 unspecified atom stereocenters. The number of piperazine rings is 1. The number of alkyl halides is 3. The minimum absolute atomic E-state index is 0.0379. The second kappa shape index (κ2) is 11.7. The predicted octanol–water partition coefficient (Wildman–Crippen LogP) is 6.60. The number of halogens is 3. The first kappa shape index (κ1) is 27.5. The Hall–Kier alpha value is -4.63. The zero-order chi connectivity index (χ0) is 29.1. The quantitative estimate of drug-likeness (QED) is 0.240. The van der Waals surface area contributed by atoms with Crippen LogP contribution in [0.15, 0.2) is 103 Å². The van der Waals surface area contributed by atoms with E-state index in [0.29, 0.717) is 38.3 Å². The van der Waals surface area contributed by atoms with E-state index in [9.17, 15) is 18.0 Å². The Bertz CT molecular complexity index is 1610. The smallest absolute Gasteiger partial charge is 0.406 e. The van der Waals surface area contributed by atoms with Crippen LogP contribution in [0.1, 0.15) is 38.8 Å². The highest BCUT2D eigenvalue weighted by molar-refractivity contribution is 5.97. The van der Waals surface area contributed by atoms with Crippen LogP contribution in [0.4, 0.5) is 13.2 Å². The molecule has 1 N–H and O–H groups in total. The number of rotatable bonds is 7. The molecule has 0 bridgehead atoms. The van der Waals surface area contributed by atoms with Gasteiger partial charge in [0.1, 0.15) is 11.6 Å². The summed E-state index contributed by atoms with van der Waals surface area (Å²) >= 11 is 0. The average Bonchev–Trinajstić information content (AvgIpc) is 3.41. The van der Waals surface area contributed by atoms with Crippen molar-refractivity contribution in [2.75, 3.05) is 26.2 Å². The van der Waals surface area contributed by atoms with Crippen molar-refractivity contribution in [3.8, 4) is 5.75 Å². The summed E-state index contributed by atoms with van der Waals surface area (Å²) < 4.78 is 41.2. The minimum atomic E-state index is -4.71. The Kier molecular flexibility index (Phi) is 7.67. The molecule has 0 radical (unpaired) electrons. The number of H-pyrrole nitrogens is 1. The van der Waals surface area contributed by atoms with Gasteiger partial charge in [-0.15, -0.1) is 13.2 Å². The highest BCUT2D eigenvalue weighted by Gasteiger charge is 2.31. The summed E-state index contributed by atoms with van der Waals surface area (Å²) in [6, 6.07) is 31.9. The van der Waals surface area contributed by atoms with Crippen LogP contribution in [0.25, 0.3) is 11.0 Å². The number of ether oxygens (including phenoxy) is 1. The molecule has 2 heterocycles. The summed E-state index contributed by atoms with van der Waals surface area (Å²) in [6.45, 7) is 3.04. The zero-order valence-corrected chi connectivity index (χ0v) is 22.7. The number of imidazole rings is 1. The lowest BCUT2D eigenvalue weighted by Gasteiger charge is -2.34. The number of amides is 1. The van der Waals surface area contributed by atoms with Crippen molar-refractivity contribution in [1.82, 2.24) is 19.8 Å². The van der Waals surface area contributed by atoms with Crippen LogP contribution in [0.5, 0.6) is 5.75 Å². The molecule has 1 amide bonds. The molecular formula is C33H29F3N4O2. The third-order valence-electron chi connectivity index (χ3n) is 7.51. The van der Waals surface area contributed by atoms with E-state index in [1.807, 2.05) is 59.5 Å². The maximum Gasteiger partial charge on any atom is 0.573 e.